The molecule has 20 heavy (non-hydrogen) atoms. The van der Waals surface area contributed by atoms with Crippen molar-refractivity contribution in [2.75, 3.05) is 13.1 Å². The molecule has 1 N–H and O–H groups in total. The smallest absolute Gasteiger partial charge is 0.127 e. The van der Waals surface area contributed by atoms with Crippen LogP contribution >= 0.6 is 0 Å². The van der Waals surface area contributed by atoms with Crippen LogP contribution in [-0.2, 0) is 0 Å². The lowest BCUT2D eigenvalue weighted by Crippen LogP contribution is -2.35. The Hall–Kier alpha value is -0.930. The van der Waals surface area contributed by atoms with Crippen LogP contribution in [0.5, 0.6) is 0 Å². The van der Waals surface area contributed by atoms with Crippen molar-refractivity contribution in [3.05, 3.63) is 35.6 Å². The molecule has 112 valence electrons. The van der Waals surface area contributed by atoms with Gasteiger partial charge in [-0.1, -0.05) is 18.2 Å². The van der Waals surface area contributed by atoms with E-state index >= 15 is 0 Å². The first kappa shape index (κ1) is 15.5. The van der Waals surface area contributed by atoms with Crippen molar-refractivity contribution in [2.45, 2.75) is 58.2 Å². The first-order valence-corrected chi connectivity index (χ1v) is 7.82. The average molecular weight is 278 g/mol. The Morgan fingerprint density at radius 3 is 2.60 bits per heavy atom. The van der Waals surface area contributed by atoms with Crippen LogP contribution in [0.15, 0.2) is 24.3 Å². The van der Waals surface area contributed by atoms with Crippen LogP contribution in [0.25, 0.3) is 0 Å². The Bertz CT molecular complexity index is 419. The molecule has 1 saturated heterocycles. The van der Waals surface area contributed by atoms with Crippen molar-refractivity contribution >= 4 is 0 Å². The van der Waals surface area contributed by atoms with Crippen LogP contribution in [0.1, 0.15) is 51.6 Å². The van der Waals surface area contributed by atoms with E-state index in [1.54, 1.807) is 12.1 Å². The largest absolute Gasteiger partial charge is 0.307 e. The number of nitrogens with zero attached hydrogens (tertiary/aromatic N) is 1. The molecule has 1 aromatic carbocycles. The van der Waals surface area contributed by atoms with Gasteiger partial charge in [0.1, 0.15) is 5.82 Å². The SMILES string of the molecule is CC(C)N1CCCC(N[C@H](C)c2ccccc2F)CC1. The van der Waals surface area contributed by atoms with Crippen molar-refractivity contribution in [2.24, 2.45) is 0 Å². The molecule has 2 rings (SSSR count). The zero-order valence-corrected chi connectivity index (χ0v) is 12.9. The molecule has 1 heterocycles. The molecule has 1 aliphatic heterocycles. The molecule has 2 nitrogen and oxygen atoms in total. The first-order chi connectivity index (χ1) is 9.58. The molecule has 3 heteroatoms. The number of benzene rings is 1. The number of halogens is 1. The van der Waals surface area contributed by atoms with Gasteiger partial charge in [-0.15, -0.1) is 0 Å². The summed E-state index contributed by atoms with van der Waals surface area (Å²) in [6.07, 6.45) is 3.55. The van der Waals surface area contributed by atoms with E-state index in [0.29, 0.717) is 12.1 Å². The van der Waals surface area contributed by atoms with Gasteiger partial charge in [-0.25, -0.2) is 4.39 Å². The van der Waals surface area contributed by atoms with Gasteiger partial charge in [-0.3, -0.25) is 0 Å². The van der Waals surface area contributed by atoms with Crippen LogP contribution in [-0.4, -0.2) is 30.1 Å². The number of likely N-dealkylation sites (tertiary alicyclic amines) is 1. The van der Waals surface area contributed by atoms with E-state index in [1.807, 2.05) is 12.1 Å². The summed E-state index contributed by atoms with van der Waals surface area (Å²) in [5.74, 6) is -0.107. The zero-order chi connectivity index (χ0) is 14.5. The highest BCUT2D eigenvalue weighted by Crippen LogP contribution is 2.20. The summed E-state index contributed by atoms with van der Waals surface area (Å²) in [5.41, 5.74) is 0.775. The normalized spacial score (nSPS) is 22.8. The van der Waals surface area contributed by atoms with E-state index in [9.17, 15) is 4.39 Å². The fourth-order valence-electron chi connectivity index (χ4n) is 3.07. The lowest BCUT2D eigenvalue weighted by molar-refractivity contribution is 0.228. The standard InChI is InChI=1S/C17H27FN2/c1-13(2)20-11-6-7-15(10-12-20)19-14(3)16-8-4-5-9-17(16)18/h4-5,8-9,13-15,19H,6-7,10-12H2,1-3H3/t14-,15?/m1/s1. The molecule has 0 amide bonds. The Morgan fingerprint density at radius 1 is 1.15 bits per heavy atom. The Balaban J connectivity index is 1.92. The van der Waals surface area contributed by atoms with Gasteiger partial charge >= 0.3 is 0 Å². The van der Waals surface area contributed by atoms with E-state index in [1.165, 1.54) is 19.4 Å². The first-order valence-electron chi connectivity index (χ1n) is 7.82. The topological polar surface area (TPSA) is 15.3 Å². The van der Waals surface area contributed by atoms with Crippen molar-refractivity contribution < 1.29 is 4.39 Å². The predicted molar refractivity (Wildman–Crippen MR) is 82.3 cm³/mol. The van der Waals surface area contributed by atoms with Gasteiger partial charge in [0.2, 0.25) is 0 Å². The van der Waals surface area contributed by atoms with Gasteiger partial charge in [0.15, 0.2) is 0 Å². The second-order valence-electron chi connectivity index (χ2n) is 6.17. The third kappa shape index (κ3) is 4.03. The molecule has 1 unspecified atom stereocenters. The van der Waals surface area contributed by atoms with E-state index in [0.717, 1.165) is 18.5 Å². The quantitative estimate of drug-likeness (QED) is 0.902. The van der Waals surface area contributed by atoms with Crippen LogP contribution in [0, 0.1) is 5.82 Å². The maximum absolute atomic E-state index is 13.8. The molecule has 0 bridgehead atoms. The van der Waals surface area contributed by atoms with Crippen LogP contribution in [0.4, 0.5) is 4.39 Å². The maximum atomic E-state index is 13.8. The number of hydrogen-bond acceptors (Lipinski definition) is 2. The van der Waals surface area contributed by atoms with Crippen molar-refractivity contribution in [1.82, 2.24) is 10.2 Å². The summed E-state index contributed by atoms with van der Waals surface area (Å²) in [6, 6.07) is 8.27. The lowest BCUT2D eigenvalue weighted by atomic mass is 10.0. The number of rotatable bonds is 4. The summed E-state index contributed by atoms with van der Waals surface area (Å²) in [5, 5.41) is 3.61. The molecular formula is C17H27FN2. The fraction of sp³-hybridized carbons (Fsp3) is 0.647. The maximum Gasteiger partial charge on any atom is 0.127 e. The number of hydrogen-bond donors (Lipinski definition) is 1. The summed E-state index contributed by atoms with van der Waals surface area (Å²) in [4.78, 5) is 2.54. The molecule has 0 saturated carbocycles. The molecule has 1 fully saturated rings. The third-order valence-corrected chi connectivity index (χ3v) is 4.35. The van der Waals surface area contributed by atoms with Crippen molar-refractivity contribution in [1.29, 1.82) is 0 Å². The van der Waals surface area contributed by atoms with Crippen molar-refractivity contribution in [3.63, 3.8) is 0 Å². The minimum Gasteiger partial charge on any atom is -0.307 e. The van der Waals surface area contributed by atoms with E-state index in [4.69, 9.17) is 0 Å². The average Bonchev–Trinajstić information content (AvgIpc) is 2.65. The lowest BCUT2D eigenvalue weighted by Gasteiger charge is -2.25. The second kappa shape index (κ2) is 7.19. The highest BCUT2D eigenvalue weighted by molar-refractivity contribution is 5.20. The number of nitrogens with one attached hydrogen (secondary N) is 1. The molecule has 0 spiro atoms. The van der Waals surface area contributed by atoms with Gasteiger partial charge in [-0.2, -0.15) is 0 Å². The van der Waals surface area contributed by atoms with Crippen molar-refractivity contribution in [3.8, 4) is 0 Å². The Labute approximate surface area is 122 Å². The van der Waals surface area contributed by atoms with E-state index < -0.39 is 0 Å². The molecule has 0 aromatic heterocycles. The van der Waals surface area contributed by atoms with E-state index in [-0.39, 0.29) is 11.9 Å². The Kier molecular flexibility index (Phi) is 5.55. The predicted octanol–water partition coefficient (Wildman–Crippen LogP) is 3.74. The fourth-order valence-corrected chi connectivity index (χ4v) is 3.07. The molecule has 2 atom stereocenters. The molecule has 0 aliphatic carbocycles. The second-order valence-corrected chi connectivity index (χ2v) is 6.17. The van der Waals surface area contributed by atoms with Gasteiger partial charge in [0, 0.05) is 23.7 Å². The molecule has 1 aromatic rings. The van der Waals surface area contributed by atoms with Gasteiger partial charge in [0.05, 0.1) is 0 Å². The molecule has 1 aliphatic rings. The van der Waals surface area contributed by atoms with Gasteiger partial charge in [-0.05, 0) is 59.2 Å². The minimum absolute atomic E-state index is 0.0757. The van der Waals surface area contributed by atoms with Crippen LogP contribution < -0.4 is 5.32 Å². The minimum atomic E-state index is -0.107. The summed E-state index contributed by atoms with van der Waals surface area (Å²) in [7, 11) is 0. The van der Waals surface area contributed by atoms with Gasteiger partial charge in [0.25, 0.3) is 0 Å². The zero-order valence-electron chi connectivity index (χ0n) is 12.9. The summed E-state index contributed by atoms with van der Waals surface area (Å²) >= 11 is 0. The van der Waals surface area contributed by atoms with Crippen LogP contribution in [0.2, 0.25) is 0 Å². The van der Waals surface area contributed by atoms with Crippen LogP contribution in [0.3, 0.4) is 0 Å². The van der Waals surface area contributed by atoms with Gasteiger partial charge < -0.3 is 10.2 Å². The monoisotopic (exact) mass is 278 g/mol. The highest BCUT2D eigenvalue weighted by Gasteiger charge is 2.20. The summed E-state index contributed by atoms with van der Waals surface area (Å²) < 4.78 is 13.8. The Morgan fingerprint density at radius 2 is 1.90 bits per heavy atom. The van der Waals surface area contributed by atoms with E-state index in [2.05, 4.69) is 31.0 Å². The summed E-state index contributed by atoms with van der Waals surface area (Å²) in [6.45, 7) is 8.90. The highest BCUT2D eigenvalue weighted by atomic mass is 19.1. The molecule has 0 radical (unpaired) electrons. The third-order valence-electron chi connectivity index (χ3n) is 4.35. The molecular weight excluding hydrogens is 251 g/mol.